The fraction of sp³-hybridized carbons (Fsp3) is 0.688. The van der Waals surface area contributed by atoms with E-state index < -0.39 is 0 Å². The summed E-state index contributed by atoms with van der Waals surface area (Å²) in [5.41, 5.74) is 1.34. The van der Waals surface area contributed by atoms with Gasteiger partial charge in [0.2, 0.25) is 0 Å². The van der Waals surface area contributed by atoms with Gasteiger partial charge in [-0.15, -0.1) is 0 Å². The van der Waals surface area contributed by atoms with Gasteiger partial charge in [0.15, 0.2) is 0 Å². The molecule has 1 aromatic rings. The number of hydrogen-bond donors (Lipinski definition) is 1. The van der Waals surface area contributed by atoms with Crippen molar-refractivity contribution in [2.45, 2.75) is 58.4 Å². The van der Waals surface area contributed by atoms with Crippen molar-refractivity contribution in [3.05, 3.63) is 18.3 Å². The average Bonchev–Trinajstić information content (AvgIpc) is 2.46. The lowest BCUT2D eigenvalue weighted by molar-refractivity contribution is 0.435. The summed E-state index contributed by atoms with van der Waals surface area (Å²) in [4.78, 5) is 6.99. The highest BCUT2D eigenvalue weighted by molar-refractivity contribution is 5.54. The molecule has 1 aliphatic heterocycles. The first-order chi connectivity index (χ1) is 9.35. The summed E-state index contributed by atoms with van der Waals surface area (Å²) in [6.07, 6.45) is 9.69. The second-order valence-corrected chi connectivity index (χ2v) is 5.46. The molecule has 1 aliphatic rings. The molecule has 1 N–H and O–H groups in total. The first-order valence-corrected chi connectivity index (χ1v) is 7.81. The van der Waals surface area contributed by atoms with E-state index in [4.69, 9.17) is 0 Å². The molecule has 1 aromatic heterocycles. The van der Waals surface area contributed by atoms with Crippen LogP contribution >= 0.6 is 0 Å². The lowest BCUT2D eigenvalue weighted by Gasteiger charge is -2.37. The topological polar surface area (TPSA) is 28.2 Å². The number of pyridine rings is 1. The van der Waals surface area contributed by atoms with Gasteiger partial charge in [-0.05, 0) is 38.2 Å². The number of rotatable bonds is 6. The highest BCUT2D eigenvalue weighted by Crippen LogP contribution is 2.28. The van der Waals surface area contributed by atoms with Crippen molar-refractivity contribution in [3.8, 4) is 0 Å². The lowest BCUT2D eigenvalue weighted by Crippen LogP contribution is -2.39. The second kappa shape index (κ2) is 7.37. The molecular formula is C16H27N3. The first-order valence-electron chi connectivity index (χ1n) is 7.81. The molecule has 0 spiro atoms. The Hall–Kier alpha value is -1.25. The third kappa shape index (κ3) is 3.85. The number of aromatic nitrogens is 1. The third-order valence-corrected chi connectivity index (χ3v) is 3.88. The molecule has 1 saturated heterocycles. The summed E-state index contributed by atoms with van der Waals surface area (Å²) < 4.78 is 0. The molecule has 106 valence electrons. The molecule has 0 aromatic carbocycles. The van der Waals surface area contributed by atoms with Crippen molar-refractivity contribution in [2.24, 2.45) is 0 Å². The summed E-state index contributed by atoms with van der Waals surface area (Å²) in [5, 5.41) is 3.38. The Labute approximate surface area is 117 Å². The van der Waals surface area contributed by atoms with Gasteiger partial charge in [0.25, 0.3) is 0 Å². The van der Waals surface area contributed by atoms with E-state index in [0.29, 0.717) is 0 Å². The van der Waals surface area contributed by atoms with Gasteiger partial charge in [-0.3, -0.25) is 0 Å². The van der Waals surface area contributed by atoms with Crippen LogP contribution in [-0.2, 0) is 0 Å². The van der Waals surface area contributed by atoms with Crippen LogP contribution in [0.1, 0.15) is 52.4 Å². The summed E-state index contributed by atoms with van der Waals surface area (Å²) in [6.45, 7) is 6.66. The minimum absolute atomic E-state index is 0.722. The van der Waals surface area contributed by atoms with Crippen molar-refractivity contribution in [1.29, 1.82) is 0 Å². The van der Waals surface area contributed by atoms with E-state index in [1.807, 2.05) is 6.20 Å². The maximum absolute atomic E-state index is 4.40. The van der Waals surface area contributed by atoms with Gasteiger partial charge in [0, 0.05) is 37.1 Å². The van der Waals surface area contributed by atoms with Crippen LogP contribution in [0.2, 0.25) is 0 Å². The van der Waals surface area contributed by atoms with E-state index in [1.165, 1.54) is 44.3 Å². The fourth-order valence-corrected chi connectivity index (χ4v) is 2.92. The Morgan fingerprint density at radius 1 is 1.32 bits per heavy atom. The van der Waals surface area contributed by atoms with E-state index in [9.17, 15) is 0 Å². The number of anilines is 2. The molecule has 1 unspecified atom stereocenters. The Morgan fingerprint density at radius 2 is 2.21 bits per heavy atom. The zero-order valence-corrected chi connectivity index (χ0v) is 12.4. The van der Waals surface area contributed by atoms with Gasteiger partial charge in [-0.2, -0.15) is 0 Å². The molecular weight excluding hydrogens is 234 g/mol. The molecule has 0 saturated carbocycles. The molecule has 2 heterocycles. The first kappa shape index (κ1) is 14.2. The van der Waals surface area contributed by atoms with Crippen LogP contribution in [0.15, 0.2) is 18.3 Å². The molecule has 2 rings (SSSR count). The van der Waals surface area contributed by atoms with Gasteiger partial charge >= 0.3 is 0 Å². The third-order valence-electron chi connectivity index (χ3n) is 3.88. The summed E-state index contributed by atoms with van der Waals surface area (Å²) >= 11 is 0. The quantitative estimate of drug-likeness (QED) is 0.837. The van der Waals surface area contributed by atoms with E-state index in [2.05, 4.69) is 41.2 Å². The summed E-state index contributed by atoms with van der Waals surface area (Å²) in [6, 6.07) is 5.09. The van der Waals surface area contributed by atoms with Gasteiger partial charge in [-0.25, -0.2) is 4.98 Å². The van der Waals surface area contributed by atoms with Crippen LogP contribution in [0.5, 0.6) is 0 Å². The highest BCUT2D eigenvalue weighted by Gasteiger charge is 2.21. The largest absolute Gasteiger partial charge is 0.370 e. The second-order valence-electron chi connectivity index (χ2n) is 5.46. The van der Waals surface area contributed by atoms with Crippen LogP contribution in [-0.4, -0.2) is 24.1 Å². The van der Waals surface area contributed by atoms with E-state index in [-0.39, 0.29) is 0 Å². The monoisotopic (exact) mass is 261 g/mol. The van der Waals surface area contributed by atoms with E-state index in [0.717, 1.165) is 24.8 Å². The molecule has 1 fully saturated rings. The molecule has 1 atom stereocenters. The number of nitrogens with one attached hydrogen (secondary N) is 1. The van der Waals surface area contributed by atoms with Crippen molar-refractivity contribution in [2.75, 3.05) is 23.3 Å². The van der Waals surface area contributed by atoms with E-state index in [1.54, 1.807) is 0 Å². The number of hydrogen-bond acceptors (Lipinski definition) is 3. The minimum atomic E-state index is 0.722. The number of piperidine rings is 1. The molecule has 0 amide bonds. The molecule has 0 aliphatic carbocycles. The molecule has 19 heavy (non-hydrogen) atoms. The van der Waals surface area contributed by atoms with Gasteiger partial charge < -0.3 is 10.2 Å². The smallest absolute Gasteiger partial charge is 0.127 e. The van der Waals surface area contributed by atoms with Crippen molar-refractivity contribution in [1.82, 2.24) is 4.98 Å². The Morgan fingerprint density at radius 3 is 3.00 bits per heavy atom. The predicted octanol–water partition coefficient (Wildman–Crippen LogP) is 4.06. The lowest BCUT2D eigenvalue weighted by atomic mass is 9.97. The molecule has 0 bridgehead atoms. The van der Waals surface area contributed by atoms with E-state index >= 15 is 0 Å². The number of nitrogens with zero attached hydrogens (tertiary/aromatic N) is 2. The Bertz CT molecular complexity index is 376. The summed E-state index contributed by atoms with van der Waals surface area (Å²) in [7, 11) is 0. The van der Waals surface area contributed by atoms with Crippen LogP contribution in [0.25, 0.3) is 0 Å². The Balaban J connectivity index is 2.09. The van der Waals surface area contributed by atoms with Gasteiger partial charge in [0.05, 0.1) is 0 Å². The standard InChI is InChI=1S/C16H27N3/c1-3-7-14-8-5-6-12-19(14)15-9-11-18-16(13-15)17-10-4-2/h9,11,13-14H,3-8,10,12H2,1-2H3,(H,17,18). The SMILES string of the molecule is CCCNc1cc(N2CCCCC2CCC)ccn1. The van der Waals surface area contributed by atoms with Crippen LogP contribution in [0, 0.1) is 0 Å². The minimum Gasteiger partial charge on any atom is -0.370 e. The van der Waals surface area contributed by atoms with Crippen LogP contribution in [0.4, 0.5) is 11.5 Å². The molecule has 3 heteroatoms. The highest BCUT2D eigenvalue weighted by atomic mass is 15.2. The fourth-order valence-electron chi connectivity index (χ4n) is 2.92. The van der Waals surface area contributed by atoms with Crippen molar-refractivity contribution in [3.63, 3.8) is 0 Å². The van der Waals surface area contributed by atoms with Gasteiger partial charge in [-0.1, -0.05) is 20.3 Å². The maximum atomic E-state index is 4.40. The zero-order chi connectivity index (χ0) is 13.5. The molecule has 3 nitrogen and oxygen atoms in total. The van der Waals surface area contributed by atoms with Crippen molar-refractivity contribution < 1.29 is 0 Å². The Kier molecular flexibility index (Phi) is 5.49. The molecule has 0 radical (unpaired) electrons. The predicted molar refractivity (Wildman–Crippen MR) is 82.9 cm³/mol. The van der Waals surface area contributed by atoms with Gasteiger partial charge in [0.1, 0.15) is 5.82 Å². The normalized spacial score (nSPS) is 19.5. The van der Waals surface area contributed by atoms with Crippen LogP contribution in [0.3, 0.4) is 0 Å². The van der Waals surface area contributed by atoms with Crippen LogP contribution < -0.4 is 10.2 Å². The van der Waals surface area contributed by atoms with Crippen molar-refractivity contribution >= 4 is 11.5 Å². The maximum Gasteiger partial charge on any atom is 0.127 e. The summed E-state index contributed by atoms with van der Waals surface area (Å²) in [5.74, 6) is 1.01. The average molecular weight is 261 g/mol. The zero-order valence-electron chi connectivity index (χ0n) is 12.4.